The van der Waals surface area contributed by atoms with Gasteiger partial charge in [0.1, 0.15) is 12.3 Å². The van der Waals surface area contributed by atoms with E-state index in [1.54, 1.807) is 26.3 Å². The van der Waals surface area contributed by atoms with Crippen LogP contribution in [-0.4, -0.2) is 28.5 Å². The van der Waals surface area contributed by atoms with Gasteiger partial charge in [0.05, 0.1) is 13.3 Å². The highest BCUT2D eigenvalue weighted by atomic mass is 16.5. The number of hydrogen-bond acceptors (Lipinski definition) is 7. The molecule has 0 bridgehead atoms. The predicted octanol–water partition coefficient (Wildman–Crippen LogP) is 2.82. The molecule has 0 spiro atoms. The van der Waals surface area contributed by atoms with Gasteiger partial charge in [0.2, 0.25) is 5.95 Å². The standard InChI is InChI=1S/C20H21N5O3/c1-13-4-6-15(7-5-13)12-28-17-9-8-16(10-18(17)27-3)11-21-24-20-22-19(26)14(2)23-25-20/h4-11H,12H2,1-3H3,(H2,22,24,25,26)/b21-11+. The summed E-state index contributed by atoms with van der Waals surface area (Å²) >= 11 is 0. The van der Waals surface area contributed by atoms with Gasteiger partial charge in [0.25, 0.3) is 5.56 Å². The number of nitrogens with zero attached hydrogens (tertiary/aromatic N) is 3. The number of aromatic nitrogens is 3. The normalized spacial score (nSPS) is 10.8. The van der Waals surface area contributed by atoms with Gasteiger partial charge in [-0.1, -0.05) is 29.8 Å². The molecule has 3 rings (SSSR count). The molecule has 0 atom stereocenters. The molecule has 0 radical (unpaired) electrons. The van der Waals surface area contributed by atoms with Crippen LogP contribution in [0.3, 0.4) is 0 Å². The van der Waals surface area contributed by atoms with E-state index in [0.717, 1.165) is 11.1 Å². The molecule has 0 amide bonds. The highest BCUT2D eigenvalue weighted by molar-refractivity contribution is 5.81. The molecule has 1 heterocycles. The lowest BCUT2D eigenvalue weighted by atomic mass is 10.2. The first-order chi connectivity index (χ1) is 13.5. The molecule has 8 nitrogen and oxygen atoms in total. The van der Waals surface area contributed by atoms with Crippen LogP contribution in [0.5, 0.6) is 11.5 Å². The average molecular weight is 379 g/mol. The predicted molar refractivity (Wildman–Crippen MR) is 107 cm³/mol. The number of benzene rings is 2. The fraction of sp³-hybridized carbons (Fsp3) is 0.200. The fourth-order valence-corrected chi connectivity index (χ4v) is 2.34. The molecule has 0 saturated heterocycles. The Hall–Kier alpha value is -3.68. The van der Waals surface area contributed by atoms with Crippen LogP contribution in [0.4, 0.5) is 5.95 Å². The van der Waals surface area contributed by atoms with Gasteiger partial charge in [-0.2, -0.15) is 5.10 Å². The van der Waals surface area contributed by atoms with E-state index in [1.807, 2.05) is 43.3 Å². The van der Waals surface area contributed by atoms with Gasteiger partial charge >= 0.3 is 0 Å². The number of aryl methyl sites for hydroxylation is 2. The maximum absolute atomic E-state index is 11.5. The summed E-state index contributed by atoms with van der Waals surface area (Å²) in [5, 5.41) is 11.6. The molecule has 1 aromatic heterocycles. The van der Waals surface area contributed by atoms with E-state index in [0.29, 0.717) is 23.8 Å². The van der Waals surface area contributed by atoms with E-state index >= 15 is 0 Å². The lowest BCUT2D eigenvalue weighted by Gasteiger charge is -2.11. The SMILES string of the molecule is COc1cc(/C=N/Nc2nnc(C)c(=O)[nH]2)ccc1OCc1ccc(C)cc1. The minimum Gasteiger partial charge on any atom is -0.493 e. The van der Waals surface area contributed by atoms with E-state index in [2.05, 4.69) is 25.7 Å². The maximum Gasteiger partial charge on any atom is 0.274 e. The second-order valence-electron chi connectivity index (χ2n) is 6.14. The summed E-state index contributed by atoms with van der Waals surface area (Å²) in [5.74, 6) is 1.40. The van der Waals surface area contributed by atoms with Crippen molar-refractivity contribution < 1.29 is 9.47 Å². The van der Waals surface area contributed by atoms with Crippen LogP contribution in [0, 0.1) is 13.8 Å². The third kappa shape index (κ3) is 4.94. The summed E-state index contributed by atoms with van der Waals surface area (Å²) in [6.07, 6.45) is 1.58. The van der Waals surface area contributed by atoms with E-state index in [1.165, 1.54) is 5.56 Å². The molecular formula is C20H21N5O3. The Morgan fingerprint density at radius 3 is 2.61 bits per heavy atom. The van der Waals surface area contributed by atoms with Gasteiger partial charge in [-0.3, -0.25) is 9.78 Å². The molecule has 0 fully saturated rings. The number of anilines is 1. The molecular weight excluding hydrogens is 358 g/mol. The first kappa shape index (κ1) is 19.1. The zero-order chi connectivity index (χ0) is 19.9. The Morgan fingerprint density at radius 1 is 1.11 bits per heavy atom. The van der Waals surface area contributed by atoms with Crippen LogP contribution in [0.15, 0.2) is 52.4 Å². The van der Waals surface area contributed by atoms with Crippen molar-refractivity contribution in [2.75, 3.05) is 12.5 Å². The summed E-state index contributed by atoms with van der Waals surface area (Å²) in [7, 11) is 1.58. The van der Waals surface area contributed by atoms with Gasteiger partial charge in [-0.25, -0.2) is 5.43 Å². The molecule has 0 saturated carbocycles. The Morgan fingerprint density at radius 2 is 1.89 bits per heavy atom. The highest BCUT2D eigenvalue weighted by Crippen LogP contribution is 2.28. The Bertz CT molecular complexity index is 1030. The molecule has 0 unspecified atom stereocenters. The molecule has 0 aliphatic heterocycles. The maximum atomic E-state index is 11.5. The van der Waals surface area contributed by atoms with E-state index in [4.69, 9.17) is 9.47 Å². The molecule has 144 valence electrons. The number of hydrazone groups is 1. The zero-order valence-corrected chi connectivity index (χ0v) is 15.9. The van der Waals surface area contributed by atoms with E-state index < -0.39 is 0 Å². The van der Waals surface area contributed by atoms with E-state index in [9.17, 15) is 4.79 Å². The largest absolute Gasteiger partial charge is 0.493 e. The summed E-state index contributed by atoms with van der Waals surface area (Å²) in [4.78, 5) is 14.0. The van der Waals surface area contributed by atoms with Crippen molar-refractivity contribution in [1.82, 2.24) is 15.2 Å². The van der Waals surface area contributed by atoms with Crippen molar-refractivity contribution in [3.8, 4) is 11.5 Å². The second-order valence-corrected chi connectivity index (χ2v) is 6.14. The lowest BCUT2D eigenvalue weighted by Crippen LogP contribution is -2.15. The van der Waals surface area contributed by atoms with Gasteiger partial charge in [-0.15, -0.1) is 10.2 Å². The number of methoxy groups -OCH3 is 1. The third-order valence-corrected chi connectivity index (χ3v) is 3.95. The summed E-state index contributed by atoms with van der Waals surface area (Å²) < 4.78 is 11.3. The lowest BCUT2D eigenvalue weighted by molar-refractivity contribution is 0.284. The number of aromatic amines is 1. The van der Waals surface area contributed by atoms with Crippen LogP contribution < -0.4 is 20.5 Å². The van der Waals surface area contributed by atoms with Gasteiger partial charge in [0.15, 0.2) is 11.5 Å². The van der Waals surface area contributed by atoms with Crippen molar-refractivity contribution >= 4 is 12.2 Å². The summed E-state index contributed by atoms with van der Waals surface area (Å²) in [5.41, 5.74) is 5.68. The Balaban J connectivity index is 1.65. The second kappa shape index (κ2) is 8.81. The molecule has 2 N–H and O–H groups in total. The minimum atomic E-state index is -0.315. The Labute approximate surface area is 162 Å². The highest BCUT2D eigenvalue weighted by Gasteiger charge is 2.06. The van der Waals surface area contributed by atoms with Crippen LogP contribution in [0.25, 0.3) is 0 Å². The minimum absolute atomic E-state index is 0.164. The van der Waals surface area contributed by atoms with Gasteiger partial charge in [0, 0.05) is 0 Å². The third-order valence-electron chi connectivity index (χ3n) is 3.95. The number of ether oxygens (including phenoxy) is 2. The smallest absolute Gasteiger partial charge is 0.274 e. The average Bonchev–Trinajstić information content (AvgIpc) is 2.70. The fourth-order valence-electron chi connectivity index (χ4n) is 2.34. The quantitative estimate of drug-likeness (QED) is 0.483. The molecule has 8 heteroatoms. The molecule has 28 heavy (non-hydrogen) atoms. The molecule has 0 aliphatic rings. The van der Waals surface area contributed by atoms with Crippen molar-refractivity contribution in [3.05, 3.63) is 75.2 Å². The van der Waals surface area contributed by atoms with Crippen LogP contribution in [0.1, 0.15) is 22.4 Å². The van der Waals surface area contributed by atoms with Crippen LogP contribution in [0.2, 0.25) is 0 Å². The van der Waals surface area contributed by atoms with Crippen molar-refractivity contribution in [3.63, 3.8) is 0 Å². The van der Waals surface area contributed by atoms with Crippen molar-refractivity contribution in [2.45, 2.75) is 20.5 Å². The number of nitrogens with one attached hydrogen (secondary N) is 2. The number of rotatable bonds is 7. The summed E-state index contributed by atoms with van der Waals surface area (Å²) in [6, 6.07) is 13.6. The van der Waals surface area contributed by atoms with Gasteiger partial charge < -0.3 is 9.47 Å². The van der Waals surface area contributed by atoms with E-state index in [-0.39, 0.29) is 11.5 Å². The van der Waals surface area contributed by atoms with Crippen LogP contribution in [-0.2, 0) is 6.61 Å². The molecule has 2 aromatic carbocycles. The molecule has 3 aromatic rings. The van der Waals surface area contributed by atoms with Crippen molar-refractivity contribution in [1.29, 1.82) is 0 Å². The zero-order valence-electron chi connectivity index (χ0n) is 15.9. The topological polar surface area (TPSA) is 101 Å². The Kier molecular flexibility index (Phi) is 6.01. The molecule has 0 aliphatic carbocycles. The number of H-pyrrole nitrogens is 1. The van der Waals surface area contributed by atoms with Crippen LogP contribution >= 0.6 is 0 Å². The van der Waals surface area contributed by atoms with Crippen molar-refractivity contribution in [2.24, 2.45) is 5.10 Å². The number of hydrogen-bond donors (Lipinski definition) is 2. The first-order valence-corrected chi connectivity index (χ1v) is 8.64. The summed E-state index contributed by atoms with van der Waals surface area (Å²) in [6.45, 7) is 4.07. The monoisotopic (exact) mass is 379 g/mol. The van der Waals surface area contributed by atoms with Gasteiger partial charge in [-0.05, 0) is 43.2 Å². The first-order valence-electron chi connectivity index (χ1n) is 8.64.